The van der Waals surface area contributed by atoms with Crippen LogP contribution in [0.5, 0.6) is 0 Å². The average Bonchev–Trinajstić information content (AvgIpc) is 3.28. The number of nitrogens with zero attached hydrogens (tertiary/aromatic N) is 2. The molecule has 7 nitrogen and oxygen atoms in total. The number of imide groups is 1. The van der Waals surface area contributed by atoms with Crippen LogP contribution in [0.4, 0.5) is 5.69 Å². The number of ketones is 1. The molecular weight excluding hydrogens is 759 g/mol. The van der Waals surface area contributed by atoms with E-state index in [0.717, 1.165) is 5.56 Å². The van der Waals surface area contributed by atoms with Gasteiger partial charge in [0.05, 0.1) is 34.3 Å². The summed E-state index contributed by atoms with van der Waals surface area (Å²) in [6, 6.07) is 20.5. The van der Waals surface area contributed by atoms with Crippen molar-refractivity contribution in [3.63, 3.8) is 0 Å². The van der Waals surface area contributed by atoms with Crippen LogP contribution in [0.1, 0.15) is 45.5 Å². The molecule has 1 saturated heterocycles. The SMILES string of the molecule is Cc1cccc2c(C(=O)OC(CCCl)C(=O)c3ccc(Cl)cc3)cc(-c3ccc(N4C(=O)C5CC(Br)C(Br)CC5C4=O)cc3)nc12. The molecule has 0 bridgehead atoms. The van der Waals surface area contributed by atoms with E-state index >= 15 is 0 Å². The van der Waals surface area contributed by atoms with Crippen molar-refractivity contribution in [1.82, 2.24) is 4.98 Å². The number of hydrogen-bond acceptors (Lipinski definition) is 6. The molecule has 46 heavy (non-hydrogen) atoms. The number of alkyl halides is 3. The van der Waals surface area contributed by atoms with Gasteiger partial charge in [0.15, 0.2) is 6.10 Å². The zero-order valence-electron chi connectivity index (χ0n) is 24.6. The summed E-state index contributed by atoms with van der Waals surface area (Å²) in [5, 5.41) is 1.07. The summed E-state index contributed by atoms with van der Waals surface area (Å²) < 4.78 is 5.81. The maximum atomic E-state index is 13.7. The number of aryl methyl sites for hydroxylation is 1. The Morgan fingerprint density at radius 2 is 1.59 bits per heavy atom. The second-order valence-corrected chi connectivity index (χ2v) is 14.7. The largest absolute Gasteiger partial charge is 0.450 e. The first kappa shape index (κ1) is 32.8. The number of Topliss-reactive ketones (excluding diaryl/α,β-unsaturated/α-hetero) is 1. The van der Waals surface area contributed by atoms with E-state index in [1.54, 1.807) is 60.7 Å². The van der Waals surface area contributed by atoms with Crippen molar-refractivity contribution in [3.05, 3.63) is 94.5 Å². The lowest BCUT2D eigenvalue weighted by molar-refractivity contribution is -0.122. The number of fused-ring (bicyclic) bond motifs is 2. The van der Waals surface area contributed by atoms with E-state index < -0.39 is 12.1 Å². The molecule has 1 aliphatic carbocycles. The van der Waals surface area contributed by atoms with Gasteiger partial charge in [-0.25, -0.2) is 9.78 Å². The van der Waals surface area contributed by atoms with Crippen LogP contribution in [0.15, 0.2) is 72.8 Å². The van der Waals surface area contributed by atoms with Crippen LogP contribution in [0.3, 0.4) is 0 Å². The lowest BCUT2D eigenvalue weighted by Gasteiger charge is -2.29. The van der Waals surface area contributed by atoms with Crippen molar-refractivity contribution in [2.45, 2.75) is 41.9 Å². The van der Waals surface area contributed by atoms with Gasteiger partial charge in [-0.15, -0.1) is 11.6 Å². The number of esters is 1. The standard InChI is InChI=1S/C35H28Br2Cl2N2O5/c1-18-3-2-4-23-26(35(45)46-30(13-14-38)32(42)20-5-9-21(39)10-6-20)17-29(40-31(18)23)19-7-11-22(12-8-19)41-33(43)24-15-27(36)28(37)16-25(24)34(41)44/h2-12,17,24-25,27-28,30H,13-16H2,1H3. The highest BCUT2D eigenvalue weighted by atomic mass is 79.9. The molecule has 2 fully saturated rings. The van der Waals surface area contributed by atoms with Gasteiger partial charge in [-0.05, 0) is 67.8 Å². The van der Waals surface area contributed by atoms with Gasteiger partial charge in [0.25, 0.3) is 0 Å². The molecule has 1 saturated carbocycles. The zero-order chi connectivity index (χ0) is 32.7. The minimum atomic E-state index is -1.10. The lowest BCUT2D eigenvalue weighted by Crippen LogP contribution is -2.34. The van der Waals surface area contributed by atoms with E-state index in [9.17, 15) is 19.2 Å². The Morgan fingerprint density at radius 1 is 0.957 bits per heavy atom. The Hall–Kier alpha value is -3.11. The summed E-state index contributed by atoms with van der Waals surface area (Å²) >= 11 is 19.3. The van der Waals surface area contributed by atoms with Crippen molar-refractivity contribution >= 4 is 95.2 Å². The molecule has 2 heterocycles. The van der Waals surface area contributed by atoms with Gasteiger partial charge in [0, 0.05) is 43.5 Å². The molecular formula is C35H28Br2Cl2N2O5. The second-order valence-electron chi connectivity index (χ2n) is 11.5. The first-order valence-electron chi connectivity index (χ1n) is 14.8. The van der Waals surface area contributed by atoms with Crippen molar-refractivity contribution in [3.8, 4) is 11.3 Å². The van der Waals surface area contributed by atoms with Gasteiger partial charge < -0.3 is 4.74 Å². The molecule has 1 aliphatic heterocycles. The Kier molecular flexibility index (Phi) is 9.67. The van der Waals surface area contributed by atoms with Gasteiger partial charge in [-0.2, -0.15) is 0 Å². The second kappa shape index (κ2) is 13.6. The van der Waals surface area contributed by atoms with E-state index in [0.29, 0.717) is 51.3 Å². The van der Waals surface area contributed by atoms with Crippen molar-refractivity contribution in [2.24, 2.45) is 11.8 Å². The third-order valence-electron chi connectivity index (χ3n) is 8.64. The molecule has 0 N–H and O–H groups in total. The summed E-state index contributed by atoms with van der Waals surface area (Å²) in [6.07, 6.45) is 0.222. The lowest BCUT2D eigenvalue weighted by atomic mass is 9.81. The fourth-order valence-electron chi connectivity index (χ4n) is 6.17. The molecule has 236 valence electrons. The minimum absolute atomic E-state index is 0.113. The number of aromatic nitrogens is 1. The van der Waals surface area contributed by atoms with Crippen molar-refractivity contribution in [1.29, 1.82) is 0 Å². The average molecular weight is 787 g/mol. The van der Waals surface area contributed by atoms with Gasteiger partial charge in [0.1, 0.15) is 0 Å². The van der Waals surface area contributed by atoms with Crippen LogP contribution in [0, 0.1) is 18.8 Å². The van der Waals surface area contributed by atoms with Crippen LogP contribution >= 0.6 is 55.1 Å². The quantitative estimate of drug-likeness (QED) is 0.0772. The maximum Gasteiger partial charge on any atom is 0.339 e. The number of para-hydroxylation sites is 1. The summed E-state index contributed by atoms with van der Waals surface area (Å²) in [6.45, 7) is 1.90. The molecule has 5 unspecified atom stereocenters. The molecule has 4 aromatic rings. The van der Waals surface area contributed by atoms with Crippen LogP contribution in [0.25, 0.3) is 22.2 Å². The smallest absolute Gasteiger partial charge is 0.339 e. The van der Waals surface area contributed by atoms with Crippen LogP contribution in [-0.2, 0) is 14.3 Å². The summed E-state index contributed by atoms with van der Waals surface area (Å²) in [5.74, 6) is -2.01. The van der Waals surface area contributed by atoms with Crippen molar-refractivity contribution in [2.75, 3.05) is 10.8 Å². The van der Waals surface area contributed by atoms with E-state index in [1.807, 2.05) is 19.1 Å². The molecule has 6 rings (SSSR count). The molecule has 0 spiro atoms. The van der Waals surface area contributed by atoms with Gasteiger partial charge in [-0.3, -0.25) is 19.3 Å². The van der Waals surface area contributed by atoms with Crippen LogP contribution in [0.2, 0.25) is 5.02 Å². The minimum Gasteiger partial charge on any atom is -0.450 e. The number of hydrogen-bond donors (Lipinski definition) is 0. The third kappa shape index (κ3) is 6.27. The predicted molar refractivity (Wildman–Crippen MR) is 186 cm³/mol. The first-order valence-corrected chi connectivity index (χ1v) is 17.5. The highest BCUT2D eigenvalue weighted by Crippen LogP contribution is 2.44. The predicted octanol–water partition coefficient (Wildman–Crippen LogP) is 8.33. The van der Waals surface area contributed by atoms with E-state index in [4.69, 9.17) is 32.9 Å². The first-order chi connectivity index (χ1) is 22.1. The van der Waals surface area contributed by atoms with Crippen molar-refractivity contribution < 1.29 is 23.9 Å². The Bertz CT molecular complexity index is 1820. The molecule has 0 radical (unpaired) electrons. The number of anilines is 1. The number of pyridine rings is 1. The zero-order valence-corrected chi connectivity index (χ0v) is 29.3. The number of rotatable bonds is 8. The maximum absolute atomic E-state index is 13.7. The number of halogens is 4. The Balaban J connectivity index is 1.31. The number of amides is 2. The van der Waals surface area contributed by atoms with Crippen LogP contribution < -0.4 is 4.90 Å². The summed E-state index contributed by atoms with van der Waals surface area (Å²) in [4.78, 5) is 60.0. The molecule has 5 atom stereocenters. The summed E-state index contributed by atoms with van der Waals surface area (Å²) in [7, 11) is 0. The Morgan fingerprint density at radius 3 is 2.20 bits per heavy atom. The van der Waals surface area contributed by atoms with Gasteiger partial charge in [-0.1, -0.05) is 73.8 Å². The molecule has 11 heteroatoms. The molecule has 2 aliphatic rings. The molecule has 2 amide bonds. The highest BCUT2D eigenvalue weighted by molar-refractivity contribution is 9.12. The fraction of sp³-hybridized carbons (Fsp3) is 0.286. The normalized spacial score (nSPS) is 21.7. The fourth-order valence-corrected chi connectivity index (χ4v) is 7.74. The topological polar surface area (TPSA) is 93.6 Å². The van der Waals surface area contributed by atoms with E-state index in [-0.39, 0.29) is 57.0 Å². The number of carbonyl (C=O) groups is 4. The molecule has 3 aromatic carbocycles. The van der Waals surface area contributed by atoms with E-state index in [1.165, 1.54) is 4.90 Å². The summed E-state index contributed by atoms with van der Waals surface area (Å²) in [5.41, 5.74) is 3.73. The van der Waals surface area contributed by atoms with Gasteiger partial charge >= 0.3 is 5.97 Å². The highest BCUT2D eigenvalue weighted by Gasteiger charge is 2.52. The van der Waals surface area contributed by atoms with Gasteiger partial charge in [0.2, 0.25) is 17.6 Å². The van der Waals surface area contributed by atoms with E-state index in [2.05, 4.69) is 31.9 Å². The third-order valence-corrected chi connectivity index (χ3v) is 11.8. The monoisotopic (exact) mass is 784 g/mol. The Labute approximate surface area is 292 Å². The number of carbonyl (C=O) groups excluding carboxylic acids is 4. The molecule has 1 aromatic heterocycles. The number of benzene rings is 3. The number of ether oxygens (including phenoxy) is 1. The van der Waals surface area contributed by atoms with Crippen LogP contribution in [-0.4, -0.2) is 50.2 Å².